The van der Waals surface area contributed by atoms with Crippen molar-refractivity contribution in [2.75, 3.05) is 13.1 Å². The van der Waals surface area contributed by atoms with Crippen molar-refractivity contribution in [2.24, 2.45) is 17.6 Å². The van der Waals surface area contributed by atoms with Crippen LogP contribution in [0.15, 0.2) is 10.5 Å². The van der Waals surface area contributed by atoms with Crippen LogP contribution in [0.2, 0.25) is 0 Å². The smallest absolute Gasteiger partial charge is 0.284 e. The summed E-state index contributed by atoms with van der Waals surface area (Å²) in [6, 6.07) is 1.79. The van der Waals surface area contributed by atoms with Gasteiger partial charge in [-0.05, 0) is 37.2 Å². The standard InChI is InChI=1S/C20H32N2O3/c1-13-11-22(9-8-20(13,24)15-6-5-7-15)12-14-10-16(18(21)23)25-17(14)19(2,3)4/h10,13,15,24H,5-9,11-12H2,1-4H3,(H2,21,23)/t13-,20+/m1/s1. The van der Waals surface area contributed by atoms with Gasteiger partial charge in [-0.3, -0.25) is 9.69 Å². The van der Waals surface area contributed by atoms with Gasteiger partial charge in [0.2, 0.25) is 0 Å². The van der Waals surface area contributed by atoms with Gasteiger partial charge < -0.3 is 15.3 Å². The summed E-state index contributed by atoms with van der Waals surface area (Å²) in [6.45, 7) is 10.9. The van der Waals surface area contributed by atoms with Gasteiger partial charge in [0, 0.05) is 30.6 Å². The molecule has 25 heavy (non-hydrogen) atoms. The highest BCUT2D eigenvalue weighted by Crippen LogP contribution is 2.44. The van der Waals surface area contributed by atoms with Gasteiger partial charge in [0.15, 0.2) is 5.76 Å². The molecule has 1 aliphatic carbocycles. The van der Waals surface area contributed by atoms with Crippen LogP contribution in [0.5, 0.6) is 0 Å². The van der Waals surface area contributed by atoms with E-state index in [-0.39, 0.29) is 17.1 Å². The molecule has 1 amide bonds. The number of carbonyl (C=O) groups is 1. The van der Waals surface area contributed by atoms with E-state index in [4.69, 9.17) is 10.2 Å². The van der Waals surface area contributed by atoms with Crippen LogP contribution in [0.4, 0.5) is 0 Å². The van der Waals surface area contributed by atoms with E-state index in [0.29, 0.717) is 5.92 Å². The molecule has 0 unspecified atom stereocenters. The number of hydrogen-bond donors (Lipinski definition) is 2. The fourth-order valence-corrected chi connectivity index (χ4v) is 4.42. The number of aliphatic hydroxyl groups is 1. The van der Waals surface area contributed by atoms with Crippen LogP contribution >= 0.6 is 0 Å². The molecule has 0 radical (unpaired) electrons. The van der Waals surface area contributed by atoms with E-state index in [2.05, 4.69) is 32.6 Å². The number of nitrogens with two attached hydrogens (primary N) is 1. The second-order valence-electron chi connectivity index (χ2n) is 9.08. The minimum Gasteiger partial charge on any atom is -0.455 e. The summed E-state index contributed by atoms with van der Waals surface area (Å²) in [4.78, 5) is 13.9. The van der Waals surface area contributed by atoms with Crippen LogP contribution < -0.4 is 5.73 Å². The first-order valence-electron chi connectivity index (χ1n) is 9.49. The average molecular weight is 348 g/mol. The van der Waals surface area contributed by atoms with Crippen LogP contribution in [0.1, 0.15) is 75.3 Å². The topological polar surface area (TPSA) is 79.7 Å². The van der Waals surface area contributed by atoms with E-state index < -0.39 is 11.5 Å². The van der Waals surface area contributed by atoms with Crippen molar-refractivity contribution in [3.05, 3.63) is 23.2 Å². The van der Waals surface area contributed by atoms with Crippen LogP contribution in [0, 0.1) is 11.8 Å². The highest BCUT2D eigenvalue weighted by Gasteiger charge is 2.46. The predicted octanol–water partition coefficient (Wildman–Crippen LogP) is 3.05. The lowest BCUT2D eigenvalue weighted by Crippen LogP contribution is -2.56. The Morgan fingerprint density at radius 3 is 2.60 bits per heavy atom. The maximum Gasteiger partial charge on any atom is 0.284 e. The molecule has 2 atom stereocenters. The van der Waals surface area contributed by atoms with E-state index in [9.17, 15) is 9.90 Å². The minimum atomic E-state index is -0.525. The summed E-state index contributed by atoms with van der Waals surface area (Å²) in [7, 11) is 0. The lowest BCUT2D eigenvalue weighted by atomic mass is 9.65. The molecule has 3 rings (SSSR count). The van der Waals surface area contributed by atoms with Crippen molar-refractivity contribution in [3.63, 3.8) is 0 Å². The molecule has 1 saturated carbocycles. The van der Waals surface area contributed by atoms with E-state index in [1.54, 1.807) is 6.07 Å². The Bertz CT molecular complexity index is 642. The number of rotatable bonds is 4. The van der Waals surface area contributed by atoms with Gasteiger partial charge in [0.1, 0.15) is 5.76 Å². The number of nitrogens with zero attached hydrogens (tertiary/aromatic N) is 1. The quantitative estimate of drug-likeness (QED) is 0.876. The molecule has 0 spiro atoms. The molecule has 3 N–H and O–H groups in total. The largest absolute Gasteiger partial charge is 0.455 e. The highest BCUT2D eigenvalue weighted by atomic mass is 16.4. The van der Waals surface area contributed by atoms with Gasteiger partial charge in [0.25, 0.3) is 5.91 Å². The predicted molar refractivity (Wildman–Crippen MR) is 97.3 cm³/mol. The van der Waals surface area contributed by atoms with Crippen molar-refractivity contribution < 1.29 is 14.3 Å². The van der Waals surface area contributed by atoms with Crippen molar-refractivity contribution in [1.29, 1.82) is 0 Å². The van der Waals surface area contributed by atoms with Gasteiger partial charge in [-0.1, -0.05) is 34.1 Å². The minimum absolute atomic E-state index is 0.183. The van der Waals surface area contributed by atoms with Gasteiger partial charge in [-0.15, -0.1) is 0 Å². The molecule has 2 fully saturated rings. The second kappa shape index (κ2) is 6.44. The molecule has 1 aromatic heterocycles. The fraction of sp³-hybridized carbons (Fsp3) is 0.750. The maximum atomic E-state index is 11.5. The zero-order chi connectivity index (χ0) is 18.4. The number of primary amides is 1. The number of likely N-dealkylation sites (tertiary alicyclic amines) is 1. The molecule has 1 saturated heterocycles. The number of carbonyl (C=O) groups excluding carboxylic acids is 1. The highest BCUT2D eigenvalue weighted by molar-refractivity contribution is 5.90. The molecule has 2 heterocycles. The van der Waals surface area contributed by atoms with Gasteiger partial charge in [-0.25, -0.2) is 0 Å². The zero-order valence-corrected chi connectivity index (χ0v) is 16.0. The van der Waals surface area contributed by atoms with Crippen molar-refractivity contribution >= 4 is 5.91 Å². The molecular weight excluding hydrogens is 316 g/mol. The van der Waals surface area contributed by atoms with Crippen LogP contribution in [-0.2, 0) is 12.0 Å². The fourth-order valence-electron chi connectivity index (χ4n) is 4.42. The first kappa shape index (κ1) is 18.5. The molecule has 140 valence electrons. The Morgan fingerprint density at radius 2 is 2.12 bits per heavy atom. The molecular formula is C20H32N2O3. The molecule has 5 nitrogen and oxygen atoms in total. The Labute approximate surface area is 150 Å². The van der Waals surface area contributed by atoms with Gasteiger partial charge in [-0.2, -0.15) is 0 Å². The van der Waals surface area contributed by atoms with Crippen LogP contribution in [0.3, 0.4) is 0 Å². The summed E-state index contributed by atoms with van der Waals surface area (Å²) in [5.41, 5.74) is 5.75. The molecule has 0 aromatic carbocycles. The normalized spacial score (nSPS) is 28.8. The molecule has 1 aliphatic heterocycles. The summed E-state index contributed by atoms with van der Waals surface area (Å²) < 4.78 is 5.76. The summed E-state index contributed by atoms with van der Waals surface area (Å²) in [5, 5.41) is 11.1. The van der Waals surface area contributed by atoms with Gasteiger partial charge in [0.05, 0.1) is 5.60 Å². The first-order chi connectivity index (χ1) is 11.6. The Hall–Kier alpha value is -1.33. The summed E-state index contributed by atoms with van der Waals surface area (Å²) in [6.07, 6.45) is 4.41. The lowest BCUT2D eigenvalue weighted by molar-refractivity contribution is -0.128. The monoisotopic (exact) mass is 348 g/mol. The van der Waals surface area contributed by atoms with Crippen LogP contribution in [-0.4, -0.2) is 34.6 Å². The van der Waals surface area contributed by atoms with E-state index >= 15 is 0 Å². The number of hydrogen-bond acceptors (Lipinski definition) is 4. The third kappa shape index (κ3) is 3.49. The number of furan rings is 1. The summed E-state index contributed by atoms with van der Waals surface area (Å²) in [5.74, 6) is 1.27. The number of piperidine rings is 1. The Morgan fingerprint density at radius 1 is 1.44 bits per heavy atom. The Kier molecular flexibility index (Phi) is 4.75. The molecule has 1 aromatic rings. The van der Waals surface area contributed by atoms with E-state index in [0.717, 1.165) is 37.4 Å². The van der Waals surface area contributed by atoms with Crippen molar-refractivity contribution in [2.45, 2.75) is 70.9 Å². The van der Waals surface area contributed by atoms with Crippen molar-refractivity contribution in [3.8, 4) is 0 Å². The van der Waals surface area contributed by atoms with Crippen LogP contribution in [0.25, 0.3) is 0 Å². The average Bonchev–Trinajstić information content (AvgIpc) is 2.85. The summed E-state index contributed by atoms with van der Waals surface area (Å²) >= 11 is 0. The zero-order valence-electron chi connectivity index (χ0n) is 16.0. The molecule has 0 bridgehead atoms. The first-order valence-corrected chi connectivity index (χ1v) is 9.49. The van der Waals surface area contributed by atoms with E-state index in [1.807, 2.05) is 0 Å². The molecule has 2 aliphatic rings. The third-order valence-corrected chi connectivity index (χ3v) is 6.15. The lowest BCUT2D eigenvalue weighted by Gasteiger charge is -2.50. The van der Waals surface area contributed by atoms with Gasteiger partial charge >= 0.3 is 0 Å². The maximum absolute atomic E-state index is 11.5. The third-order valence-electron chi connectivity index (χ3n) is 6.15. The molecule has 5 heteroatoms. The Balaban J connectivity index is 1.74. The van der Waals surface area contributed by atoms with E-state index in [1.165, 1.54) is 19.3 Å². The SMILES string of the molecule is C[C@@H]1CN(Cc2cc(C(N)=O)oc2C(C)(C)C)CC[C@@]1(O)C1CCC1. The second-order valence-corrected chi connectivity index (χ2v) is 9.08. The number of amides is 1. The van der Waals surface area contributed by atoms with Crippen molar-refractivity contribution in [1.82, 2.24) is 4.90 Å².